The molecule has 3 aliphatic rings. The Kier molecular flexibility index (Phi) is 5.51. The molecule has 2 unspecified atom stereocenters. The van der Waals surface area contributed by atoms with Crippen molar-refractivity contribution in [2.75, 3.05) is 13.1 Å². The fraction of sp³-hybridized carbons (Fsp3) is 0.542. The van der Waals surface area contributed by atoms with Crippen LogP contribution in [0.15, 0.2) is 24.3 Å². The summed E-state index contributed by atoms with van der Waals surface area (Å²) in [5, 5.41) is 17.3. The van der Waals surface area contributed by atoms with E-state index in [1.807, 2.05) is 24.7 Å². The first-order valence-corrected chi connectivity index (χ1v) is 11.5. The van der Waals surface area contributed by atoms with Crippen molar-refractivity contribution < 1.29 is 14.7 Å². The maximum Gasteiger partial charge on any atom is 0.254 e. The first kappa shape index (κ1) is 21.2. The van der Waals surface area contributed by atoms with Crippen molar-refractivity contribution in [2.45, 2.75) is 63.9 Å². The van der Waals surface area contributed by atoms with Crippen LogP contribution in [0.2, 0.25) is 0 Å². The Balaban J connectivity index is 1.23. The third-order valence-electron chi connectivity index (χ3n) is 7.25. The minimum atomic E-state index is -0.999. The number of aromatic nitrogens is 2. The molecule has 4 heterocycles. The van der Waals surface area contributed by atoms with Gasteiger partial charge in [-0.2, -0.15) is 5.10 Å². The molecule has 2 fully saturated rings. The lowest BCUT2D eigenvalue weighted by Gasteiger charge is -2.35. The number of amides is 2. The normalized spacial score (nSPS) is 24.7. The number of carbonyl (C=O) groups excluding carboxylic acids is 2. The molecule has 0 aliphatic carbocycles. The SMILES string of the molecule is Cc1cc(CN2CCC(c3ccc4c(c3)CN(C3CCC(=O)NC3O)C4=O)CC2)n(C)n1. The summed E-state index contributed by atoms with van der Waals surface area (Å²) in [6.45, 7) is 5.55. The van der Waals surface area contributed by atoms with Crippen molar-refractivity contribution in [3.63, 3.8) is 0 Å². The first-order valence-electron chi connectivity index (χ1n) is 11.5. The molecule has 1 aromatic carbocycles. The van der Waals surface area contributed by atoms with Gasteiger partial charge >= 0.3 is 0 Å². The second-order valence-corrected chi connectivity index (χ2v) is 9.42. The molecule has 5 rings (SSSR count). The minimum Gasteiger partial charge on any atom is -0.372 e. The number of aliphatic hydroxyl groups is 1. The Bertz CT molecular complexity index is 1040. The van der Waals surface area contributed by atoms with E-state index in [1.54, 1.807) is 4.90 Å². The number of benzene rings is 1. The number of fused-ring (bicyclic) bond motifs is 1. The Morgan fingerprint density at radius 2 is 1.94 bits per heavy atom. The van der Waals surface area contributed by atoms with Gasteiger partial charge < -0.3 is 15.3 Å². The molecule has 0 saturated carbocycles. The van der Waals surface area contributed by atoms with Gasteiger partial charge in [-0.05, 0) is 68.5 Å². The van der Waals surface area contributed by atoms with Gasteiger partial charge in [0.2, 0.25) is 5.91 Å². The van der Waals surface area contributed by atoms with Crippen LogP contribution in [-0.2, 0) is 24.9 Å². The summed E-state index contributed by atoms with van der Waals surface area (Å²) in [6.07, 6.45) is 2.03. The van der Waals surface area contributed by atoms with Crippen molar-refractivity contribution in [1.29, 1.82) is 0 Å². The van der Waals surface area contributed by atoms with Crippen molar-refractivity contribution in [1.82, 2.24) is 24.9 Å². The fourth-order valence-corrected chi connectivity index (χ4v) is 5.45. The van der Waals surface area contributed by atoms with Crippen LogP contribution >= 0.6 is 0 Å². The summed E-state index contributed by atoms with van der Waals surface area (Å²) in [7, 11) is 2.00. The number of nitrogens with zero attached hydrogens (tertiary/aromatic N) is 4. The molecule has 0 spiro atoms. The molecule has 8 heteroatoms. The zero-order chi connectivity index (χ0) is 22.4. The Hall–Kier alpha value is -2.71. The van der Waals surface area contributed by atoms with E-state index < -0.39 is 6.23 Å². The number of hydrogen-bond donors (Lipinski definition) is 2. The van der Waals surface area contributed by atoms with Crippen LogP contribution in [0, 0.1) is 6.92 Å². The monoisotopic (exact) mass is 437 g/mol. The Morgan fingerprint density at radius 3 is 2.62 bits per heavy atom. The highest BCUT2D eigenvalue weighted by atomic mass is 16.3. The number of aryl methyl sites for hydroxylation is 2. The summed E-state index contributed by atoms with van der Waals surface area (Å²) >= 11 is 0. The number of likely N-dealkylation sites (tertiary alicyclic amines) is 1. The molecular weight excluding hydrogens is 406 g/mol. The molecule has 0 bridgehead atoms. The van der Waals surface area contributed by atoms with E-state index in [-0.39, 0.29) is 17.9 Å². The average molecular weight is 438 g/mol. The van der Waals surface area contributed by atoms with Gasteiger partial charge in [0, 0.05) is 32.1 Å². The maximum atomic E-state index is 12.9. The van der Waals surface area contributed by atoms with Crippen LogP contribution in [0.3, 0.4) is 0 Å². The minimum absolute atomic E-state index is 0.0481. The van der Waals surface area contributed by atoms with Crippen LogP contribution in [-0.4, -0.2) is 61.9 Å². The highest BCUT2D eigenvalue weighted by Gasteiger charge is 2.39. The fourth-order valence-electron chi connectivity index (χ4n) is 5.45. The molecule has 2 atom stereocenters. The van der Waals surface area contributed by atoms with Gasteiger partial charge in [-0.25, -0.2) is 0 Å². The summed E-state index contributed by atoms with van der Waals surface area (Å²) < 4.78 is 1.97. The molecule has 170 valence electrons. The molecule has 0 radical (unpaired) electrons. The van der Waals surface area contributed by atoms with E-state index in [0.717, 1.165) is 49.3 Å². The van der Waals surface area contributed by atoms with Crippen molar-refractivity contribution >= 4 is 11.8 Å². The van der Waals surface area contributed by atoms with Gasteiger partial charge in [0.25, 0.3) is 5.91 Å². The van der Waals surface area contributed by atoms with E-state index in [2.05, 4.69) is 33.5 Å². The lowest BCUT2D eigenvalue weighted by Crippen LogP contribution is -2.55. The Labute approximate surface area is 188 Å². The lowest BCUT2D eigenvalue weighted by molar-refractivity contribution is -0.129. The lowest BCUT2D eigenvalue weighted by atomic mass is 9.88. The molecule has 2 saturated heterocycles. The zero-order valence-electron chi connectivity index (χ0n) is 18.8. The molecule has 3 aliphatic heterocycles. The van der Waals surface area contributed by atoms with Crippen molar-refractivity contribution in [3.05, 3.63) is 52.3 Å². The molecule has 1 aromatic heterocycles. The number of aliphatic hydroxyl groups excluding tert-OH is 1. The Morgan fingerprint density at radius 1 is 1.16 bits per heavy atom. The van der Waals surface area contributed by atoms with Crippen LogP contribution in [0.5, 0.6) is 0 Å². The standard InChI is InChI=1S/C24H31N5O3/c1-15-11-19(27(2)26-15)14-28-9-7-16(8-10-28)17-3-4-20-18(12-17)13-29(24(20)32)21-5-6-22(30)25-23(21)31/h3-4,11-12,16,21,23,31H,5-10,13-14H2,1-2H3,(H,25,30). The predicted molar refractivity (Wildman–Crippen MR) is 119 cm³/mol. The number of hydrogen-bond acceptors (Lipinski definition) is 5. The second-order valence-electron chi connectivity index (χ2n) is 9.42. The van der Waals surface area contributed by atoms with Gasteiger partial charge in [-0.15, -0.1) is 0 Å². The number of piperidine rings is 2. The van der Waals surface area contributed by atoms with Gasteiger partial charge in [0.1, 0.15) is 6.23 Å². The number of carbonyl (C=O) groups is 2. The largest absolute Gasteiger partial charge is 0.372 e. The molecule has 2 aromatic rings. The first-order chi connectivity index (χ1) is 15.4. The van der Waals surface area contributed by atoms with Gasteiger partial charge in [0.05, 0.1) is 17.4 Å². The van der Waals surface area contributed by atoms with E-state index in [9.17, 15) is 14.7 Å². The molecule has 32 heavy (non-hydrogen) atoms. The molecular formula is C24H31N5O3. The van der Waals surface area contributed by atoms with Crippen LogP contribution in [0.4, 0.5) is 0 Å². The topological polar surface area (TPSA) is 90.7 Å². The number of rotatable bonds is 4. The molecule has 8 nitrogen and oxygen atoms in total. The number of nitrogens with one attached hydrogen (secondary N) is 1. The molecule has 2 N–H and O–H groups in total. The highest BCUT2D eigenvalue weighted by molar-refractivity contribution is 5.98. The zero-order valence-corrected chi connectivity index (χ0v) is 18.8. The van der Waals surface area contributed by atoms with E-state index >= 15 is 0 Å². The summed E-state index contributed by atoms with van der Waals surface area (Å²) in [5.74, 6) is 0.284. The summed E-state index contributed by atoms with van der Waals surface area (Å²) in [5.41, 5.74) is 5.36. The summed E-state index contributed by atoms with van der Waals surface area (Å²) in [4.78, 5) is 28.7. The highest BCUT2D eigenvalue weighted by Crippen LogP contribution is 2.34. The van der Waals surface area contributed by atoms with Gasteiger partial charge in [-0.1, -0.05) is 12.1 Å². The third kappa shape index (κ3) is 3.93. The predicted octanol–water partition coefficient (Wildman–Crippen LogP) is 1.66. The smallest absolute Gasteiger partial charge is 0.254 e. The average Bonchev–Trinajstić information content (AvgIpc) is 3.26. The quantitative estimate of drug-likeness (QED) is 0.759. The maximum absolute atomic E-state index is 12.9. The second kappa shape index (κ2) is 8.33. The van der Waals surface area contributed by atoms with Gasteiger partial charge in [0.15, 0.2) is 0 Å². The summed E-state index contributed by atoms with van der Waals surface area (Å²) in [6, 6.07) is 8.03. The van der Waals surface area contributed by atoms with Crippen LogP contribution in [0.1, 0.15) is 64.5 Å². The van der Waals surface area contributed by atoms with Gasteiger partial charge in [-0.3, -0.25) is 19.2 Å². The van der Waals surface area contributed by atoms with Crippen molar-refractivity contribution in [2.24, 2.45) is 7.05 Å². The van der Waals surface area contributed by atoms with E-state index in [0.29, 0.717) is 25.3 Å². The van der Waals surface area contributed by atoms with Crippen LogP contribution < -0.4 is 5.32 Å². The van der Waals surface area contributed by atoms with E-state index in [1.165, 1.54) is 11.3 Å². The van der Waals surface area contributed by atoms with Crippen molar-refractivity contribution in [3.8, 4) is 0 Å². The van der Waals surface area contributed by atoms with Crippen LogP contribution in [0.25, 0.3) is 0 Å². The third-order valence-corrected chi connectivity index (χ3v) is 7.25. The molecule has 2 amide bonds. The van der Waals surface area contributed by atoms with E-state index in [4.69, 9.17) is 0 Å².